The Labute approximate surface area is 167 Å². The van der Waals surface area contributed by atoms with E-state index in [2.05, 4.69) is 15.1 Å². The van der Waals surface area contributed by atoms with Gasteiger partial charge in [-0.2, -0.15) is 13.2 Å². The summed E-state index contributed by atoms with van der Waals surface area (Å²) in [7, 11) is 0. The van der Waals surface area contributed by atoms with Crippen LogP contribution in [0, 0.1) is 0 Å². The van der Waals surface area contributed by atoms with E-state index in [1.165, 1.54) is 18.4 Å². The van der Waals surface area contributed by atoms with E-state index in [0.29, 0.717) is 17.5 Å². The third kappa shape index (κ3) is 5.67. The number of hydrogen-bond acceptors (Lipinski definition) is 7. The fourth-order valence-electron chi connectivity index (χ4n) is 2.19. The van der Waals surface area contributed by atoms with Crippen molar-refractivity contribution in [1.29, 1.82) is 0 Å². The Hall–Kier alpha value is -3.14. The lowest BCUT2D eigenvalue weighted by Gasteiger charge is -2.09. The minimum Gasteiger partial charge on any atom is -0.463 e. The van der Waals surface area contributed by atoms with Crippen molar-refractivity contribution in [3.63, 3.8) is 0 Å². The van der Waals surface area contributed by atoms with Gasteiger partial charge in [0.25, 0.3) is 0 Å². The van der Waals surface area contributed by atoms with Crippen molar-refractivity contribution >= 4 is 23.4 Å². The summed E-state index contributed by atoms with van der Waals surface area (Å²) in [6, 6.07) is 12.9. The molecule has 0 amide bonds. The van der Waals surface area contributed by atoms with Crippen LogP contribution in [0.1, 0.15) is 18.2 Å². The number of benzene rings is 1. The Morgan fingerprint density at radius 2 is 1.93 bits per heavy atom. The molecule has 3 aromatic rings. The summed E-state index contributed by atoms with van der Waals surface area (Å²) >= 11 is 0.710. The zero-order valence-corrected chi connectivity index (χ0v) is 15.8. The van der Waals surface area contributed by atoms with E-state index in [-0.39, 0.29) is 22.4 Å². The lowest BCUT2D eigenvalue weighted by molar-refractivity contribution is -0.141. The fraction of sp³-hybridized carbons (Fsp3) is 0.158. The van der Waals surface area contributed by atoms with Gasteiger partial charge >= 0.3 is 12.1 Å². The first-order chi connectivity index (χ1) is 13.8. The minimum absolute atomic E-state index is 0.0360. The highest BCUT2D eigenvalue weighted by molar-refractivity contribution is 7.99. The molecule has 0 fully saturated rings. The standard InChI is InChI=1S/C19H14F3N3O3S/c1-12(13-6-3-2-4-7-13)25-28-17(26)11-29-18-23-14(15-8-5-9-27-15)10-16(24-18)19(20,21)22/h2-10H,11H2,1H3/b25-12-. The van der Waals surface area contributed by atoms with Gasteiger partial charge in [0.1, 0.15) is 17.1 Å². The second-order valence-corrected chi connectivity index (χ2v) is 6.63. The first kappa shape index (κ1) is 20.6. The smallest absolute Gasteiger partial charge is 0.433 e. The molecule has 29 heavy (non-hydrogen) atoms. The molecular weight excluding hydrogens is 407 g/mol. The Balaban J connectivity index is 1.69. The number of alkyl halides is 3. The van der Waals surface area contributed by atoms with E-state index in [1.807, 2.05) is 18.2 Å². The molecule has 1 aromatic carbocycles. The van der Waals surface area contributed by atoms with Crippen molar-refractivity contribution in [2.45, 2.75) is 18.3 Å². The maximum atomic E-state index is 13.1. The highest BCUT2D eigenvalue weighted by atomic mass is 32.2. The molecule has 0 unspecified atom stereocenters. The molecule has 0 aliphatic heterocycles. The summed E-state index contributed by atoms with van der Waals surface area (Å²) in [6.07, 6.45) is -3.35. The number of carbonyl (C=O) groups excluding carboxylic acids is 1. The normalized spacial score (nSPS) is 12.1. The van der Waals surface area contributed by atoms with Crippen LogP contribution >= 0.6 is 11.8 Å². The molecule has 150 valence electrons. The Bertz CT molecular complexity index is 1010. The predicted octanol–water partition coefficient (Wildman–Crippen LogP) is 4.81. The Morgan fingerprint density at radius 3 is 2.59 bits per heavy atom. The summed E-state index contributed by atoms with van der Waals surface area (Å²) in [5.41, 5.74) is 0.0930. The van der Waals surface area contributed by atoms with E-state index >= 15 is 0 Å². The molecule has 0 radical (unpaired) electrons. The van der Waals surface area contributed by atoms with Crippen molar-refractivity contribution < 1.29 is 27.2 Å². The van der Waals surface area contributed by atoms with E-state index in [9.17, 15) is 18.0 Å². The van der Waals surface area contributed by atoms with Gasteiger partial charge in [0.05, 0.1) is 12.0 Å². The second kappa shape index (κ2) is 8.91. The lowest BCUT2D eigenvalue weighted by atomic mass is 10.1. The zero-order valence-electron chi connectivity index (χ0n) is 15.0. The largest absolute Gasteiger partial charge is 0.463 e. The number of thioether (sulfide) groups is 1. The Morgan fingerprint density at radius 1 is 1.17 bits per heavy atom. The molecule has 3 rings (SSSR count). The van der Waals surface area contributed by atoms with E-state index in [0.717, 1.165) is 11.6 Å². The van der Waals surface area contributed by atoms with Crippen LogP contribution in [0.4, 0.5) is 13.2 Å². The van der Waals surface area contributed by atoms with E-state index < -0.39 is 17.8 Å². The van der Waals surface area contributed by atoms with Crippen LogP contribution < -0.4 is 0 Å². The molecule has 0 aliphatic carbocycles. The van der Waals surface area contributed by atoms with Crippen molar-refractivity contribution in [3.8, 4) is 11.5 Å². The summed E-state index contributed by atoms with van der Waals surface area (Å²) in [6.45, 7) is 1.67. The van der Waals surface area contributed by atoms with E-state index in [1.54, 1.807) is 19.1 Å². The Kier molecular flexibility index (Phi) is 6.32. The number of rotatable bonds is 6. The predicted molar refractivity (Wildman–Crippen MR) is 100 cm³/mol. The first-order valence-corrected chi connectivity index (χ1v) is 9.24. The molecule has 0 bridgehead atoms. The highest BCUT2D eigenvalue weighted by Gasteiger charge is 2.34. The third-order valence-corrected chi connectivity index (χ3v) is 4.39. The van der Waals surface area contributed by atoms with Gasteiger partial charge in [0, 0.05) is 0 Å². The molecule has 0 saturated heterocycles. The number of oxime groups is 1. The van der Waals surface area contributed by atoms with Crippen molar-refractivity contribution in [2.24, 2.45) is 5.16 Å². The fourth-order valence-corrected chi connectivity index (χ4v) is 2.81. The maximum Gasteiger partial charge on any atom is 0.433 e. The third-order valence-electron chi connectivity index (χ3n) is 3.56. The molecule has 2 aromatic heterocycles. The molecule has 0 aliphatic rings. The van der Waals surface area contributed by atoms with Crippen LogP contribution in [0.25, 0.3) is 11.5 Å². The number of aromatic nitrogens is 2. The van der Waals surface area contributed by atoms with Crippen LogP contribution in [0.15, 0.2) is 69.5 Å². The summed E-state index contributed by atoms with van der Waals surface area (Å²) < 4.78 is 44.5. The first-order valence-electron chi connectivity index (χ1n) is 8.26. The topological polar surface area (TPSA) is 77.6 Å². The van der Waals surface area contributed by atoms with E-state index in [4.69, 9.17) is 9.25 Å². The molecule has 0 N–H and O–H groups in total. The minimum atomic E-state index is -4.67. The lowest BCUT2D eigenvalue weighted by Crippen LogP contribution is -2.11. The van der Waals surface area contributed by atoms with Crippen molar-refractivity contribution in [3.05, 3.63) is 66.1 Å². The molecule has 6 nitrogen and oxygen atoms in total. The van der Waals surface area contributed by atoms with Gasteiger partial charge in [-0.1, -0.05) is 47.2 Å². The molecular formula is C19H14F3N3O3S. The quantitative estimate of drug-likeness (QED) is 0.187. The van der Waals surface area contributed by atoms with Crippen molar-refractivity contribution in [1.82, 2.24) is 9.97 Å². The molecule has 0 spiro atoms. The van der Waals surface area contributed by atoms with Gasteiger partial charge in [-0.25, -0.2) is 14.8 Å². The number of furan rings is 1. The van der Waals surface area contributed by atoms with Gasteiger partial charge in [-0.3, -0.25) is 0 Å². The number of nitrogens with zero attached hydrogens (tertiary/aromatic N) is 3. The van der Waals surface area contributed by atoms with Gasteiger partial charge in [-0.15, -0.1) is 0 Å². The summed E-state index contributed by atoms with van der Waals surface area (Å²) in [5.74, 6) is -0.902. The van der Waals surface area contributed by atoms with Crippen LogP contribution in [0.5, 0.6) is 0 Å². The van der Waals surface area contributed by atoms with Crippen LogP contribution in [0.3, 0.4) is 0 Å². The van der Waals surface area contributed by atoms with Crippen molar-refractivity contribution in [2.75, 3.05) is 5.75 Å². The average molecular weight is 421 g/mol. The molecule has 0 atom stereocenters. The molecule has 10 heteroatoms. The van der Waals surface area contributed by atoms with Crippen LogP contribution in [0.2, 0.25) is 0 Å². The zero-order chi connectivity index (χ0) is 20.9. The monoisotopic (exact) mass is 421 g/mol. The van der Waals surface area contributed by atoms with Gasteiger partial charge < -0.3 is 9.25 Å². The molecule has 0 saturated carbocycles. The SMILES string of the molecule is C/C(=N/OC(=O)CSc1nc(-c2ccco2)cc(C(F)(F)F)n1)c1ccccc1. The summed E-state index contributed by atoms with van der Waals surface area (Å²) in [5, 5.41) is 3.51. The van der Waals surface area contributed by atoms with Gasteiger partial charge in [-0.05, 0) is 30.7 Å². The van der Waals surface area contributed by atoms with Crippen LogP contribution in [-0.4, -0.2) is 27.4 Å². The maximum absolute atomic E-state index is 13.1. The van der Waals surface area contributed by atoms with Gasteiger partial charge in [0.2, 0.25) is 0 Å². The second-order valence-electron chi connectivity index (χ2n) is 5.69. The number of hydrogen-bond donors (Lipinski definition) is 0. The van der Waals surface area contributed by atoms with Crippen LogP contribution in [-0.2, 0) is 15.8 Å². The molecule has 2 heterocycles. The highest BCUT2D eigenvalue weighted by Crippen LogP contribution is 2.32. The van der Waals surface area contributed by atoms with Gasteiger partial charge in [0.15, 0.2) is 10.9 Å². The average Bonchev–Trinajstić information content (AvgIpc) is 3.25. The summed E-state index contributed by atoms with van der Waals surface area (Å²) in [4.78, 5) is 24.2. The number of carbonyl (C=O) groups is 1. The number of halogens is 3.